The molecule has 0 atom stereocenters. The number of hydrogen-bond acceptors (Lipinski definition) is 6. The standard InChI is InChI=1S/C13H11F3N4O3S/c1-7-3-4-8(5-9(7)20(22)23)10(21)6-24-12-18-17-11(19(12)2)13(14,15)16/h3-5H,6H2,1-2H3. The molecule has 7 nitrogen and oxygen atoms in total. The van der Waals surface area contributed by atoms with E-state index in [-0.39, 0.29) is 22.2 Å². The van der Waals surface area contributed by atoms with E-state index in [1.54, 1.807) is 6.92 Å². The third-order valence-corrected chi connectivity index (χ3v) is 4.17. The quantitative estimate of drug-likeness (QED) is 0.352. The smallest absolute Gasteiger partial charge is 0.302 e. The first-order valence-corrected chi connectivity index (χ1v) is 7.47. The minimum Gasteiger partial charge on any atom is -0.302 e. The molecule has 0 spiro atoms. The normalized spacial score (nSPS) is 11.5. The number of thioether (sulfide) groups is 1. The van der Waals surface area contributed by atoms with Crippen LogP contribution in [-0.4, -0.2) is 31.2 Å². The molecule has 0 unspecified atom stereocenters. The summed E-state index contributed by atoms with van der Waals surface area (Å²) < 4.78 is 38.6. The molecule has 1 aromatic heterocycles. The summed E-state index contributed by atoms with van der Waals surface area (Å²) in [6.07, 6.45) is -4.64. The summed E-state index contributed by atoms with van der Waals surface area (Å²) in [6, 6.07) is 4.03. The summed E-state index contributed by atoms with van der Waals surface area (Å²) in [7, 11) is 1.15. The Morgan fingerprint density at radius 2 is 2.04 bits per heavy atom. The van der Waals surface area contributed by atoms with Gasteiger partial charge in [-0.25, -0.2) is 0 Å². The number of rotatable bonds is 5. The molecular formula is C13H11F3N4O3S. The van der Waals surface area contributed by atoms with Crippen molar-refractivity contribution in [2.45, 2.75) is 18.3 Å². The molecule has 11 heteroatoms. The van der Waals surface area contributed by atoms with Crippen LogP contribution in [-0.2, 0) is 13.2 Å². The first kappa shape index (κ1) is 17.9. The van der Waals surface area contributed by atoms with Crippen molar-refractivity contribution in [3.05, 3.63) is 45.3 Å². The molecule has 0 fully saturated rings. The highest BCUT2D eigenvalue weighted by molar-refractivity contribution is 7.99. The zero-order valence-electron chi connectivity index (χ0n) is 12.5. The maximum Gasteiger partial charge on any atom is 0.451 e. The van der Waals surface area contributed by atoms with Crippen molar-refractivity contribution in [3.63, 3.8) is 0 Å². The molecule has 24 heavy (non-hydrogen) atoms. The van der Waals surface area contributed by atoms with Crippen LogP contribution in [0.25, 0.3) is 0 Å². The maximum absolute atomic E-state index is 12.6. The van der Waals surface area contributed by atoms with Crippen molar-refractivity contribution in [3.8, 4) is 0 Å². The van der Waals surface area contributed by atoms with Crippen LogP contribution in [0.5, 0.6) is 0 Å². The minimum absolute atomic E-state index is 0.0720. The average molecular weight is 360 g/mol. The van der Waals surface area contributed by atoms with Gasteiger partial charge in [0.2, 0.25) is 5.82 Å². The second-order valence-electron chi connectivity index (χ2n) is 4.83. The van der Waals surface area contributed by atoms with E-state index in [1.807, 2.05) is 0 Å². The molecule has 1 aromatic carbocycles. The average Bonchev–Trinajstić information content (AvgIpc) is 2.86. The first-order valence-electron chi connectivity index (χ1n) is 6.49. The Kier molecular flexibility index (Phi) is 4.92. The predicted octanol–water partition coefficient (Wildman–Crippen LogP) is 3.03. The fraction of sp³-hybridized carbons (Fsp3) is 0.308. The molecular weight excluding hydrogens is 349 g/mol. The Hall–Kier alpha value is -2.43. The second kappa shape index (κ2) is 6.59. The third-order valence-electron chi connectivity index (χ3n) is 3.15. The summed E-state index contributed by atoms with van der Waals surface area (Å²) in [6.45, 7) is 1.54. The van der Waals surface area contributed by atoms with E-state index in [2.05, 4.69) is 10.2 Å². The molecule has 1 heterocycles. The van der Waals surface area contributed by atoms with Gasteiger partial charge in [-0.15, -0.1) is 10.2 Å². The number of aryl methyl sites for hydroxylation is 1. The highest BCUT2D eigenvalue weighted by Gasteiger charge is 2.37. The number of Topliss-reactive ketones (excluding diaryl/α,β-unsaturated/α-hetero) is 1. The molecule has 0 saturated carbocycles. The molecule has 2 rings (SSSR count). The number of ketones is 1. The van der Waals surface area contributed by atoms with E-state index in [9.17, 15) is 28.1 Å². The molecule has 0 N–H and O–H groups in total. The first-order chi connectivity index (χ1) is 11.1. The zero-order chi connectivity index (χ0) is 18.1. The van der Waals surface area contributed by atoms with Crippen LogP contribution in [0.3, 0.4) is 0 Å². The van der Waals surface area contributed by atoms with Gasteiger partial charge in [-0.1, -0.05) is 23.9 Å². The van der Waals surface area contributed by atoms with Crippen LogP contribution in [0.2, 0.25) is 0 Å². The predicted molar refractivity (Wildman–Crippen MR) is 78.9 cm³/mol. The van der Waals surface area contributed by atoms with E-state index in [4.69, 9.17) is 0 Å². The number of nitro groups is 1. The summed E-state index contributed by atoms with van der Waals surface area (Å²) in [4.78, 5) is 22.4. The van der Waals surface area contributed by atoms with Crippen LogP contribution in [0, 0.1) is 17.0 Å². The number of aromatic nitrogens is 3. The van der Waals surface area contributed by atoms with E-state index < -0.39 is 22.7 Å². The third kappa shape index (κ3) is 3.72. The molecule has 0 saturated heterocycles. The number of alkyl halides is 3. The van der Waals surface area contributed by atoms with Crippen molar-refractivity contribution in [2.24, 2.45) is 7.05 Å². The number of carbonyl (C=O) groups is 1. The largest absolute Gasteiger partial charge is 0.451 e. The van der Waals surface area contributed by atoms with Crippen LogP contribution < -0.4 is 0 Å². The van der Waals surface area contributed by atoms with E-state index in [0.717, 1.165) is 29.4 Å². The van der Waals surface area contributed by atoms with Crippen molar-refractivity contribution >= 4 is 23.2 Å². The van der Waals surface area contributed by atoms with Gasteiger partial charge in [0, 0.05) is 24.2 Å². The molecule has 128 valence electrons. The van der Waals surface area contributed by atoms with Gasteiger partial charge in [-0.3, -0.25) is 14.9 Å². The van der Waals surface area contributed by atoms with Crippen LogP contribution in [0.1, 0.15) is 21.7 Å². The van der Waals surface area contributed by atoms with Crippen molar-refractivity contribution in [1.29, 1.82) is 0 Å². The highest BCUT2D eigenvalue weighted by atomic mass is 32.2. The highest BCUT2D eigenvalue weighted by Crippen LogP contribution is 2.30. The van der Waals surface area contributed by atoms with Gasteiger partial charge in [0.25, 0.3) is 5.69 Å². The summed E-state index contributed by atoms with van der Waals surface area (Å²) in [5, 5.41) is 17.3. The van der Waals surface area contributed by atoms with Crippen molar-refractivity contribution in [1.82, 2.24) is 14.8 Å². The lowest BCUT2D eigenvalue weighted by Crippen LogP contribution is -2.13. The Labute approximate surface area is 138 Å². The fourth-order valence-electron chi connectivity index (χ4n) is 1.88. The van der Waals surface area contributed by atoms with Gasteiger partial charge in [0.15, 0.2) is 10.9 Å². The minimum atomic E-state index is -4.64. The Morgan fingerprint density at radius 3 is 2.58 bits per heavy atom. The number of carbonyl (C=O) groups excluding carboxylic acids is 1. The van der Waals surface area contributed by atoms with E-state index in [0.29, 0.717) is 5.56 Å². The fourth-order valence-corrected chi connectivity index (χ4v) is 2.69. The molecule has 0 aliphatic rings. The maximum atomic E-state index is 12.6. The molecule has 0 aliphatic heterocycles. The molecule has 0 aliphatic carbocycles. The second-order valence-corrected chi connectivity index (χ2v) is 5.78. The zero-order valence-corrected chi connectivity index (χ0v) is 13.3. The van der Waals surface area contributed by atoms with Gasteiger partial charge >= 0.3 is 6.18 Å². The molecule has 0 amide bonds. The number of nitro benzene ring substituents is 1. The lowest BCUT2D eigenvalue weighted by atomic mass is 10.1. The Morgan fingerprint density at radius 1 is 1.38 bits per heavy atom. The van der Waals surface area contributed by atoms with Crippen LogP contribution >= 0.6 is 11.8 Å². The molecule has 0 radical (unpaired) electrons. The van der Waals surface area contributed by atoms with Gasteiger partial charge < -0.3 is 4.57 Å². The number of halogens is 3. The van der Waals surface area contributed by atoms with Gasteiger partial charge in [0.1, 0.15) is 0 Å². The Bertz CT molecular complexity index is 804. The summed E-state index contributed by atoms with van der Waals surface area (Å²) in [5.41, 5.74) is 0.328. The van der Waals surface area contributed by atoms with E-state index >= 15 is 0 Å². The molecule has 2 aromatic rings. The van der Waals surface area contributed by atoms with Gasteiger partial charge in [-0.2, -0.15) is 13.2 Å². The topological polar surface area (TPSA) is 90.9 Å². The Balaban J connectivity index is 2.13. The molecule has 0 bridgehead atoms. The van der Waals surface area contributed by atoms with Gasteiger partial charge in [0.05, 0.1) is 10.7 Å². The lowest BCUT2D eigenvalue weighted by molar-refractivity contribution is -0.385. The summed E-state index contributed by atoms with van der Waals surface area (Å²) in [5.74, 6) is -1.84. The SMILES string of the molecule is Cc1ccc(C(=O)CSc2nnc(C(F)(F)F)n2C)cc1[N+](=O)[O-]. The van der Waals surface area contributed by atoms with Crippen LogP contribution in [0.4, 0.5) is 18.9 Å². The van der Waals surface area contributed by atoms with Crippen molar-refractivity contribution < 1.29 is 22.9 Å². The number of nitrogens with zero attached hydrogens (tertiary/aromatic N) is 4. The van der Waals surface area contributed by atoms with Crippen molar-refractivity contribution in [2.75, 3.05) is 5.75 Å². The number of hydrogen-bond donors (Lipinski definition) is 0. The summed E-state index contributed by atoms with van der Waals surface area (Å²) >= 11 is 0.775. The lowest BCUT2D eigenvalue weighted by Gasteiger charge is -2.06. The van der Waals surface area contributed by atoms with E-state index in [1.165, 1.54) is 12.1 Å². The monoisotopic (exact) mass is 360 g/mol. The van der Waals surface area contributed by atoms with Gasteiger partial charge in [-0.05, 0) is 6.92 Å². The number of benzene rings is 1. The van der Waals surface area contributed by atoms with Crippen LogP contribution in [0.15, 0.2) is 23.4 Å².